The number of hydrogen-bond donors (Lipinski definition) is 1. The Balaban J connectivity index is 2.32. The monoisotopic (exact) mass is 436 g/mol. The molecule has 0 aliphatic heterocycles. The van der Waals surface area contributed by atoms with Crippen molar-refractivity contribution in [3.8, 4) is 11.1 Å². The fourth-order valence-corrected chi connectivity index (χ4v) is 2.91. The number of aliphatic hydroxyl groups is 1. The molecule has 2 atom stereocenters. The Kier molecular flexibility index (Phi) is 4.97. The fourth-order valence-electron chi connectivity index (χ4n) is 1.89. The van der Waals surface area contributed by atoms with Crippen LogP contribution in [-0.2, 0) is 9.84 Å². The molecule has 0 spiro atoms. The molecule has 0 fully saturated rings. The second-order valence-corrected chi connectivity index (χ2v) is 10.8. The van der Waals surface area contributed by atoms with E-state index in [2.05, 4.69) is 0 Å². The molecule has 21 heavy (non-hydrogen) atoms. The number of hydrogen-bond acceptors (Lipinski definition) is 3. The van der Waals surface area contributed by atoms with Gasteiger partial charge in [-0.25, -0.2) is 8.42 Å². The van der Waals surface area contributed by atoms with Gasteiger partial charge < -0.3 is 5.11 Å². The highest BCUT2D eigenvalue weighted by Crippen LogP contribution is 2.42. The fraction of sp³-hybridized carbons (Fsp3) is 0.200. The van der Waals surface area contributed by atoms with E-state index in [0.29, 0.717) is 5.56 Å². The maximum atomic E-state index is 11.7. The third-order valence-corrected chi connectivity index (χ3v) is 8.40. The summed E-state index contributed by atoms with van der Waals surface area (Å²) in [6, 6.07) is 16.8. The first kappa shape index (κ1) is 16.7. The quantitative estimate of drug-likeness (QED) is 0.586. The van der Waals surface area contributed by atoms with Crippen LogP contribution in [0.5, 0.6) is 0 Å². The van der Waals surface area contributed by atoms with Gasteiger partial charge in [-0.3, -0.25) is 0 Å². The third kappa shape index (κ3) is 3.59. The molecule has 2 aromatic carbocycles. The predicted octanol–water partition coefficient (Wildman–Crippen LogP) is 3.76. The van der Waals surface area contributed by atoms with Gasteiger partial charge in [-0.2, -0.15) is 0 Å². The van der Waals surface area contributed by atoms with Crippen LogP contribution >= 0.6 is 34.2 Å². The van der Waals surface area contributed by atoms with Gasteiger partial charge in [0.15, 0.2) is 9.84 Å². The van der Waals surface area contributed by atoms with Crippen molar-refractivity contribution in [2.75, 3.05) is 6.26 Å². The molecule has 0 saturated carbocycles. The molecule has 0 heterocycles. The van der Waals surface area contributed by atoms with Crippen molar-refractivity contribution in [3.05, 3.63) is 60.2 Å². The van der Waals surface area contributed by atoms with E-state index in [1.807, 2.05) is 42.5 Å². The maximum Gasteiger partial charge on any atom is 0.224 e. The highest BCUT2D eigenvalue weighted by atomic mass is 127. The lowest BCUT2D eigenvalue weighted by atomic mass is 10.0. The van der Waals surface area contributed by atoms with E-state index in [1.54, 1.807) is 34.7 Å². The molecule has 0 aromatic heterocycles. The molecule has 2 rings (SSSR count). The summed E-state index contributed by atoms with van der Waals surface area (Å²) in [6.07, 6.45) is -0.298. The lowest BCUT2D eigenvalue weighted by Crippen LogP contribution is -2.31. The lowest BCUT2D eigenvalue weighted by Gasteiger charge is -2.24. The summed E-state index contributed by atoms with van der Waals surface area (Å²) in [6.45, 7) is 0. The summed E-state index contributed by atoms with van der Waals surface area (Å²) in [4.78, 5) is 0. The van der Waals surface area contributed by atoms with Gasteiger partial charge in [-0.05, 0) is 39.3 Å². The summed E-state index contributed by atoms with van der Waals surface area (Å²) < 4.78 is 21.5. The molecular weight excluding hydrogens is 423 g/mol. The average molecular weight is 437 g/mol. The molecule has 3 nitrogen and oxygen atoms in total. The highest BCUT2D eigenvalue weighted by molar-refractivity contribution is 14.1. The van der Waals surface area contributed by atoms with Crippen molar-refractivity contribution in [2.45, 2.75) is 8.32 Å². The standard InChI is InChI=1S/C15H14ClIO3S/c1-21(19,20)15(16,17)14(18)13-9-7-12(8-10-13)11-5-3-2-4-6-11/h2-10,14,18H,1H3. The second-order valence-electron chi connectivity index (χ2n) is 4.72. The number of aliphatic hydroxyl groups excluding tert-OH is 1. The topological polar surface area (TPSA) is 54.4 Å². The Labute approximate surface area is 143 Å². The largest absolute Gasteiger partial charge is 0.385 e. The maximum absolute atomic E-state index is 11.7. The van der Waals surface area contributed by atoms with Gasteiger partial charge in [0.1, 0.15) is 6.10 Å². The number of benzene rings is 2. The predicted molar refractivity (Wildman–Crippen MR) is 94.3 cm³/mol. The van der Waals surface area contributed by atoms with Crippen LogP contribution in [0, 0.1) is 0 Å². The zero-order valence-electron chi connectivity index (χ0n) is 11.2. The average Bonchev–Trinajstić information content (AvgIpc) is 2.46. The Morgan fingerprint density at radius 1 is 1.05 bits per heavy atom. The van der Waals surface area contributed by atoms with Crippen molar-refractivity contribution in [3.63, 3.8) is 0 Å². The highest BCUT2D eigenvalue weighted by Gasteiger charge is 2.44. The Hall–Kier alpha value is -0.630. The molecule has 0 aliphatic rings. The van der Waals surface area contributed by atoms with Crippen LogP contribution in [0.4, 0.5) is 0 Å². The van der Waals surface area contributed by atoms with Gasteiger partial charge in [0.05, 0.1) is 0 Å². The smallest absolute Gasteiger partial charge is 0.224 e. The third-order valence-electron chi connectivity index (χ3n) is 3.15. The van der Waals surface area contributed by atoms with Crippen molar-refractivity contribution < 1.29 is 13.5 Å². The minimum Gasteiger partial charge on any atom is -0.385 e. The molecule has 1 N–H and O–H groups in total. The van der Waals surface area contributed by atoms with E-state index >= 15 is 0 Å². The summed E-state index contributed by atoms with van der Waals surface area (Å²) >= 11 is 7.56. The molecule has 2 unspecified atom stereocenters. The number of alkyl halides is 2. The summed E-state index contributed by atoms with van der Waals surface area (Å²) in [5.41, 5.74) is 2.50. The van der Waals surface area contributed by atoms with Crippen LogP contribution in [0.1, 0.15) is 11.7 Å². The number of sulfone groups is 1. The normalized spacial score (nSPS) is 16.2. The van der Waals surface area contributed by atoms with Gasteiger partial charge in [-0.1, -0.05) is 66.2 Å². The van der Waals surface area contributed by atoms with Crippen LogP contribution in [0.15, 0.2) is 54.6 Å². The van der Waals surface area contributed by atoms with Crippen LogP contribution in [-0.4, -0.2) is 22.0 Å². The molecule has 6 heteroatoms. The Bertz CT molecular complexity index is 712. The van der Waals surface area contributed by atoms with Crippen LogP contribution < -0.4 is 0 Å². The zero-order chi connectivity index (χ0) is 15.7. The molecule has 0 amide bonds. The van der Waals surface area contributed by atoms with Crippen LogP contribution in [0.2, 0.25) is 0 Å². The summed E-state index contributed by atoms with van der Waals surface area (Å²) in [5, 5.41) is 10.2. The summed E-state index contributed by atoms with van der Waals surface area (Å²) in [5.74, 6) is 0. The molecule has 2 aromatic rings. The number of rotatable bonds is 4. The van der Waals surface area contributed by atoms with Gasteiger partial charge >= 0.3 is 0 Å². The van der Waals surface area contributed by atoms with E-state index in [-0.39, 0.29) is 0 Å². The van der Waals surface area contributed by atoms with E-state index in [1.165, 1.54) is 0 Å². The zero-order valence-corrected chi connectivity index (χ0v) is 14.9. The minimum absolute atomic E-state index is 0.463. The Morgan fingerprint density at radius 2 is 1.52 bits per heavy atom. The van der Waals surface area contributed by atoms with Gasteiger partial charge in [0.25, 0.3) is 0 Å². The number of halogens is 2. The Morgan fingerprint density at radius 3 is 2.00 bits per heavy atom. The molecule has 0 aliphatic carbocycles. The van der Waals surface area contributed by atoms with E-state index < -0.39 is 18.2 Å². The molecule has 112 valence electrons. The first-order valence-electron chi connectivity index (χ1n) is 6.14. The molecule has 0 saturated heterocycles. The van der Waals surface area contributed by atoms with Crippen LogP contribution in [0.3, 0.4) is 0 Å². The van der Waals surface area contributed by atoms with Crippen molar-refractivity contribution >= 4 is 44.0 Å². The van der Waals surface area contributed by atoms with Gasteiger partial charge in [0.2, 0.25) is 2.21 Å². The van der Waals surface area contributed by atoms with Crippen molar-refractivity contribution in [1.29, 1.82) is 0 Å². The van der Waals surface area contributed by atoms with Crippen molar-refractivity contribution in [2.24, 2.45) is 0 Å². The second kappa shape index (κ2) is 6.24. The van der Waals surface area contributed by atoms with Crippen LogP contribution in [0.25, 0.3) is 11.1 Å². The minimum atomic E-state index is -3.61. The van der Waals surface area contributed by atoms with E-state index in [4.69, 9.17) is 11.6 Å². The molecule has 0 bridgehead atoms. The van der Waals surface area contributed by atoms with E-state index in [9.17, 15) is 13.5 Å². The van der Waals surface area contributed by atoms with Gasteiger partial charge in [0, 0.05) is 6.26 Å². The van der Waals surface area contributed by atoms with Gasteiger partial charge in [-0.15, -0.1) is 0 Å². The first-order valence-corrected chi connectivity index (χ1v) is 9.49. The molecular formula is C15H14ClIO3S. The van der Waals surface area contributed by atoms with Crippen molar-refractivity contribution in [1.82, 2.24) is 0 Å². The molecule has 0 radical (unpaired) electrons. The SMILES string of the molecule is CS(=O)(=O)C(Cl)(I)C(O)c1ccc(-c2ccccc2)cc1. The lowest BCUT2D eigenvalue weighted by molar-refractivity contribution is 0.188. The van der Waals surface area contributed by atoms with E-state index in [0.717, 1.165) is 17.4 Å². The first-order chi connectivity index (χ1) is 9.73. The summed E-state index contributed by atoms with van der Waals surface area (Å²) in [7, 11) is -3.61.